The topological polar surface area (TPSA) is 27.0 Å². The maximum Gasteiger partial charge on any atom is 0.0624 e. The lowest BCUT2D eigenvalue weighted by Crippen LogP contribution is -2.57. The van der Waals surface area contributed by atoms with Gasteiger partial charge >= 0.3 is 0 Å². The average molecular weight is 206 g/mol. The fourth-order valence-corrected chi connectivity index (χ4v) is 3.32. The molecule has 0 aromatic heterocycles. The Hall–Kier alpha value is -0.550. The Morgan fingerprint density at radius 1 is 1.33 bits per heavy atom. The third-order valence-electron chi connectivity index (χ3n) is 4.20. The van der Waals surface area contributed by atoms with Crippen molar-refractivity contribution in [2.24, 2.45) is 11.3 Å². The first kappa shape index (κ1) is 11.0. The van der Waals surface area contributed by atoms with Crippen molar-refractivity contribution in [1.29, 1.82) is 5.26 Å². The summed E-state index contributed by atoms with van der Waals surface area (Å²) in [6.07, 6.45) is 7.42. The van der Waals surface area contributed by atoms with Gasteiger partial charge in [0.2, 0.25) is 0 Å². The SMILES string of the molecule is CCCN1CC2(CCC(CC#N)CC2)C1. The predicted octanol–water partition coefficient (Wildman–Crippen LogP) is 2.80. The molecule has 0 unspecified atom stereocenters. The Morgan fingerprint density at radius 2 is 2.00 bits per heavy atom. The predicted molar refractivity (Wildman–Crippen MR) is 61.4 cm³/mol. The van der Waals surface area contributed by atoms with E-state index in [1.54, 1.807) is 0 Å². The van der Waals surface area contributed by atoms with E-state index in [2.05, 4.69) is 17.9 Å². The summed E-state index contributed by atoms with van der Waals surface area (Å²) < 4.78 is 0. The average Bonchev–Trinajstić information content (AvgIpc) is 2.19. The summed E-state index contributed by atoms with van der Waals surface area (Å²) in [6, 6.07) is 2.32. The van der Waals surface area contributed by atoms with Gasteiger partial charge in [0, 0.05) is 19.5 Å². The Balaban J connectivity index is 1.73. The minimum absolute atomic E-state index is 0.668. The highest BCUT2D eigenvalue weighted by molar-refractivity contribution is 4.98. The first-order chi connectivity index (χ1) is 7.28. The van der Waals surface area contributed by atoms with E-state index in [9.17, 15) is 0 Å². The number of nitriles is 1. The Kier molecular flexibility index (Phi) is 3.31. The van der Waals surface area contributed by atoms with Gasteiger partial charge in [0.15, 0.2) is 0 Å². The van der Waals surface area contributed by atoms with Crippen molar-refractivity contribution in [1.82, 2.24) is 4.90 Å². The third-order valence-corrected chi connectivity index (χ3v) is 4.20. The first-order valence-electron chi connectivity index (χ1n) is 6.37. The molecule has 2 heteroatoms. The van der Waals surface area contributed by atoms with Crippen LogP contribution in [0.5, 0.6) is 0 Å². The van der Waals surface area contributed by atoms with Crippen LogP contribution in [0.15, 0.2) is 0 Å². The zero-order valence-electron chi connectivity index (χ0n) is 9.84. The summed E-state index contributed by atoms with van der Waals surface area (Å²) in [6.45, 7) is 6.21. The molecule has 0 bridgehead atoms. The summed E-state index contributed by atoms with van der Waals surface area (Å²) in [7, 11) is 0. The molecule has 15 heavy (non-hydrogen) atoms. The molecule has 2 nitrogen and oxygen atoms in total. The zero-order valence-corrected chi connectivity index (χ0v) is 9.84. The lowest BCUT2D eigenvalue weighted by atomic mass is 9.65. The molecule has 1 spiro atoms. The van der Waals surface area contributed by atoms with Crippen LogP contribution in [0.2, 0.25) is 0 Å². The second-order valence-electron chi connectivity index (χ2n) is 5.52. The van der Waals surface area contributed by atoms with E-state index in [0.717, 1.165) is 6.42 Å². The van der Waals surface area contributed by atoms with Gasteiger partial charge in [0.25, 0.3) is 0 Å². The van der Waals surface area contributed by atoms with Crippen molar-refractivity contribution < 1.29 is 0 Å². The second kappa shape index (κ2) is 4.53. The standard InChI is InChI=1S/C13H22N2/c1-2-9-15-10-13(11-15)6-3-12(4-7-13)5-8-14/h12H,2-7,9-11H2,1H3. The van der Waals surface area contributed by atoms with Crippen molar-refractivity contribution in [3.05, 3.63) is 0 Å². The van der Waals surface area contributed by atoms with Crippen LogP contribution in [0.25, 0.3) is 0 Å². The number of rotatable bonds is 3. The van der Waals surface area contributed by atoms with Crippen molar-refractivity contribution in [2.75, 3.05) is 19.6 Å². The highest BCUT2D eigenvalue weighted by Crippen LogP contribution is 2.46. The molecule has 84 valence electrons. The minimum atomic E-state index is 0.668. The summed E-state index contributed by atoms with van der Waals surface area (Å²) in [5, 5.41) is 8.67. The van der Waals surface area contributed by atoms with Crippen LogP contribution in [-0.4, -0.2) is 24.5 Å². The molecule has 1 saturated heterocycles. The molecule has 0 aromatic rings. The van der Waals surface area contributed by atoms with E-state index in [4.69, 9.17) is 5.26 Å². The van der Waals surface area contributed by atoms with Crippen molar-refractivity contribution in [2.45, 2.75) is 45.4 Å². The monoisotopic (exact) mass is 206 g/mol. The molecule has 0 radical (unpaired) electrons. The van der Waals surface area contributed by atoms with E-state index in [1.165, 1.54) is 51.7 Å². The Morgan fingerprint density at radius 3 is 2.53 bits per heavy atom. The van der Waals surface area contributed by atoms with Crippen LogP contribution in [-0.2, 0) is 0 Å². The highest BCUT2D eigenvalue weighted by atomic mass is 15.2. The van der Waals surface area contributed by atoms with Gasteiger partial charge in [-0.25, -0.2) is 0 Å². The molecule has 1 heterocycles. The first-order valence-corrected chi connectivity index (χ1v) is 6.37. The van der Waals surface area contributed by atoms with Gasteiger partial charge in [0.1, 0.15) is 0 Å². The van der Waals surface area contributed by atoms with E-state index < -0.39 is 0 Å². The number of nitrogens with zero attached hydrogens (tertiary/aromatic N) is 2. The molecule has 2 rings (SSSR count). The summed E-state index contributed by atoms with van der Waals surface area (Å²) in [4.78, 5) is 2.59. The van der Waals surface area contributed by atoms with Crippen LogP contribution in [0.3, 0.4) is 0 Å². The van der Waals surface area contributed by atoms with E-state index in [-0.39, 0.29) is 0 Å². The smallest absolute Gasteiger partial charge is 0.0624 e. The normalized spacial score (nSPS) is 26.1. The Bertz CT molecular complexity index is 238. The number of likely N-dealkylation sites (tertiary alicyclic amines) is 1. The van der Waals surface area contributed by atoms with Crippen molar-refractivity contribution in [3.8, 4) is 6.07 Å². The Labute approximate surface area is 93.3 Å². The zero-order chi connectivity index (χ0) is 10.7. The van der Waals surface area contributed by atoms with Crippen LogP contribution in [0.4, 0.5) is 0 Å². The fourth-order valence-electron chi connectivity index (χ4n) is 3.32. The van der Waals surface area contributed by atoms with Crippen molar-refractivity contribution >= 4 is 0 Å². The fraction of sp³-hybridized carbons (Fsp3) is 0.923. The molecule has 0 N–H and O–H groups in total. The molecule has 0 aromatic carbocycles. The molecule has 1 saturated carbocycles. The second-order valence-corrected chi connectivity index (χ2v) is 5.52. The van der Waals surface area contributed by atoms with Gasteiger partial charge in [0.05, 0.1) is 6.07 Å². The third kappa shape index (κ3) is 2.34. The van der Waals surface area contributed by atoms with Crippen LogP contribution in [0.1, 0.15) is 45.4 Å². The maximum atomic E-state index is 8.67. The van der Waals surface area contributed by atoms with Crippen LogP contribution < -0.4 is 0 Å². The van der Waals surface area contributed by atoms with E-state index in [0.29, 0.717) is 11.3 Å². The van der Waals surface area contributed by atoms with Gasteiger partial charge in [-0.3, -0.25) is 0 Å². The minimum Gasteiger partial charge on any atom is -0.302 e. The molecule has 0 atom stereocenters. The summed E-state index contributed by atoms with van der Waals surface area (Å²) in [5.41, 5.74) is 0.668. The molecular formula is C13H22N2. The van der Waals surface area contributed by atoms with Crippen LogP contribution in [0, 0.1) is 22.7 Å². The molecule has 1 aliphatic heterocycles. The lowest BCUT2D eigenvalue weighted by molar-refractivity contribution is -0.0371. The number of hydrogen-bond donors (Lipinski definition) is 0. The van der Waals surface area contributed by atoms with Gasteiger partial charge in [-0.05, 0) is 50.0 Å². The summed E-state index contributed by atoms with van der Waals surface area (Å²) in [5.74, 6) is 0.709. The molecular weight excluding hydrogens is 184 g/mol. The molecule has 1 aliphatic carbocycles. The quantitative estimate of drug-likeness (QED) is 0.710. The summed E-state index contributed by atoms with van der Waals surface area (Å²) >= 11 is 0. The lowest BCUT2D eigenvalue weighted by Gasteiger charge is -2.53. The molecule has 2 aliphatic rings. The molecule has 2 fully saturated rings. The van der Waals surface area contributed by atoms with E-state index in [1.807, 2.05) is 0 Å². The number of hydrogen-bond acceptors (Lipinski definition) is 2. The van der Waals surface area contributed by atoms with Gasteiger partial charge < -0.3 is 4.90 Å². The van der Waals surface area contributed by atoms with Gasteiger partial charge in [-0.15, -0.1) is 0 Å². The van der Waals surface area contributed by atoms with Crippen LogP contribution >= 0.6 is 0 Å². The van der Waals surface area contributed by atoms with E-state index >= 15 is 0 Å². The largest absolute Gasteiger partial charge is 0.302 e. The molecule has 0 amide bonds. The maximum absolute atomic E-state index is 8.67. The van der Waals surface area contributed by atoms with Gasteiger partial charge in [-0.1, -0.05) is 6.92 Å². The van der Waals surface area contributed by atoms with Gasteiger partial charge in [-0.2, -0.15) is 5.26 Å². The van der Waals surface area contributed by atoms with Crippen molar-refractivity contribution in [3.63, 3.8) is 0 Å². The highest BCUT2D eigenvalue weighted by Gasteiger charge is 2.44.